The summed E-state index contributed by atoms with van der Waals surface area (Å²) < 4.78 is 29.7. The molecule has 0 bridgehead atoms. The Balaban J connectivity index is 2.06. The largest absolute Gasteiger partial charge is 0.394 e. The Morgan fingerprint density at radius 2 is 2.00 bits per heavy atom. The fourth-order valence-corrected chi connectivity index (χ4v) is 2.97. The summed E-state index contributed by atoms with van der Waals surface area (Å²) >= 11 is 0. The average molecular weight is 391 g/mol. The van der Waals surface area contributed by atoms with Gasteiger partial charge in [0.05, 0.1) is 25.5 Å². The standard InChI is InChI=1S/C19H23F2N5O2/c1-4-26-18(28)16-17(24-19(26)23-15(9-27)11(2)3)25(10-22-16)8-12-5-6-13(20)14(21)7-12/h5-7,10-11,15,27H,4,8-9H2,1-3H3,(H,23,24)/t15-/m0/s1. The van der Waals surface area contributed by atoms with Crippen LogP contribution in [-0.2, 0) is 13.1 Å². The van der Waals surface area contributed by atoms with Gasteiger partial charge in [-0.15, -0.1) is 0 Å². The van der Waals surface area contributed by atoms with Crippen molar-refractivity contribution in [2.45, 2.75) is 39.9 Å². The van der Waals surface area contributed by atoms with Gasteiger partial charge >= 0.3 is 0 Å². The lowest BCUT2D eigenvalue weighted by Crippen LogP contribution is -2.34. The predicted octanol–water partition coefficient (Wildman–Crippen LogP) is 2.37. The van der Waals surface area contributed by atoms with Gasteiger partial charge < -0.3 is 15.0 Å². The zero-order valence-corrected chi connectivity index (χ0v) is 16.0. The van der Waals surface area contributed by atoms with E-state index >= 15 is 0 Å². The lowest BCUT2D eigenvalue weighted by molar-refractivity contribution is 0.248. The van der Waals surface area contributed by atoms with Crippen molar-refractivity contribution in [2.75, 3.05) is 11.9 Å². The van der Waals surface area contributed by atoms with Crippen molar-refractivity contribution in [3.8, 4) is 0 Å². The normalized spacial score (nSPS) is 12.7. The van der Waals surface area contributed by atoms with Crippen molar-refractivity contribution in [3.05, 3.63) is 52.1 Å². The topological polar surface area (TPSA) is 85.0 Å². The van der Waals surface area contributed by atoms with Crippen molar-refractivity contribution >= 4 is 17.1 Å². The molecule has 0 saturated carbocycles. The third kappa shape index (κ3) is 3.75. The molecule has 1 atom stereocenters. The number of fused-ring (bicyclic) bond motifs is 1. The van der Waals surface area contributed by atoms with Gasteiger partial charge in [-0.1, -0.05) is 19.9 Å². The van der Waals surface area contributed by atoms with Crippen LogP contribution in [0.15, 0.2) is 29.3 Å². The molecule has 3 rings (SSSR count). The average Bonchev–Trinajstić information content (AvgIpc) is 3.05. The maximum Gasteiger partial charge on any atom is 0.283 e. The van der Waals surface area contributed by atoms with E-state index in [1.54, 1.807) is 4.57 Å². The Morgan fingerprint density at radius 3 is 2.61 bits per heavy atom. The van der Waals surface area contributed by atoms with Gasteiger partial charge in [0.15, 0.2) is 22.8 Å². The maximum absolute atomic E-state index is 13.5. The Bertz CT molecular complexity index is 1040. The van der Waals surface area contributed by atoms with Gasteiger partial charge in [-0.3, -0.25) is 9.36 Å². The number of anilines is 1. The van der Waals surface area contributed by atoms with Crippen molar-refractivity contribution in [1.82, 2.24) is 19.1 Å². The van der Waals surface area contributed by atoms with Gasteiger partial charge in [0.1, 0.15) is 0 Å². The number of rotatable bonds is 7. The Morgan fingerprint density at radius 1 is 1.25 bits per heavy atom. The summed E-state index contributed by atoms with van der Waals surface area (Å²) in [6, 6.07) is 3.36. The number of imidazole rings is 1. The number of nitrogens with zero attached hydrogens (tertiary/aromatic N) is 4. The smallest absolute Gasteiger partial charge is 0.283 e. The Hall–Kier alpha value is -2.81. The second-order valence-electron chi connectivity index (χ2n) is 6.96. The Labute approximate surface area is 160 Å². The molecule has 0 aliphatic rings. The first-order chi connectivity index (χ1) is 13.3. The SMILES string of the molecule is CCn1c(N[C@@H](CO)C(C)C)nc2c(ncn2Cc2ccc(F)c(F)c2)c1=O. The maximum atomic E-state index is 13.5. The van der Waals surface area contributed by atoms with E-state index in [4.69, 9.17) is 0 Å². The molecule has 2 N–H and O–H groups in total. The predicted molar refractivity (Wildman–Crippen MR) is 102 cm³/mol. The van der Waals surface area contributed by atoms with E-state index in [-0.39, 0.29) is 36.2 Å². The molecule has 0 aliphatic heterocycles. The molecule has 9 heteroatoms. The van der Waals surface area contributed by atoms with Crippen LogP contribution in [0.1, 0.15) is 26.3 Å². The summed E-state index contributed by atoms with van der Waals surface area (Å²) in [4.78, 5) is 21.5. The molecule has 0 spiro atoms. The minimum Gasteiger partial charge on any atom is -0.394 e. The fourth-order valence-electron chi connectivity index (χ4n) is 2.97. The molecule has 150 valence electrons. The third-order valence-corrected chi connectivity index (χ3v) is 4.69. The molecule has 0 amide bonds. The molecular weight excluding hydrogens is 368 g/mol. The number of aliphatic hydroxyl groups excluding tert-OH is 1. The number of hydrogen-bond acceptors (Lipinski definition) is 5. The van der Waals surface area contributed by atoms with Crippen LogP contribution in [0.2, 0.25) is 0 Å². The second-order valence-corrected chi connectivity index (χ2v) is 6.96. The van der Waals surface area contributed by atoms with Crippen molar-refractivity contribution in [1.29, 1.82) is 0 Å². The van der Waals surface area contributed by atoms with E-state index in [1.807, 2.05) is 20.8 Å². The molecule has 2 aromatic heterocycles. The van der Waals surface area contributed by atoms with Crippen LogP contribution in [-0.4, -0.2) is 36.9 Å². The van der Waals surface area contributed by atoms with Crippen LogP contribution in [0.3, 0.4) is 0 Å². The van der Waals surface area contributed by atoms with Crippen LogP contribution in [0, 0.1) is 17.6 Å². The molecule has 0 aliphatic carbocycles. The van der Waals surface area contributed by atoms with E-state index < -0.39 is 11.6 Å². The summed E-state index contributed by atoms with van der Waals surface area (Å²) in [5.74, 6) is -1.40. The molecule has 28 heavy (non-hydrogen) atoms. The van der Waals surface area contributed by atoms with Crippen LogP contribution < -0.4 is 10.9 Å². The first kappa shape index (κ1) is 19.9. The number of benzene rings is 1. The molecule has 0 saturated heterocycles. The van der Waals surface area contributed by atoms with Crippen LogP contribution in [0.5, 0.6) is 0 Å². The minimum atomic E-state index is -0.937. The lowest BCUT2D eigenvalue weighted by Gasteiger charge is -2.22. The third-order valence-electron chi connectivity index (χ3n) is 4.69. The van der Waals surface area contributed by atoms with Gasteiger partial charge in [0.2, 0.25) is 5.95 Å². The molecular formula is C19H23F2N5O2. The highest BCUT2D eigenvalue weighted by Crippen LogP contribution is 2.16. The van der Waals surface area contributed by atoms with Crippen LogP contribution in [0.4, 0.5) is 14.7 Å². The molecule has 7 nitrogen and oxygen atoms in total. The summed E-state index contributed by atoms with van der Waals surface area (Å²) in [5.41, 5.74) is 0.742. The number of halogens is 2. The number of hydrogen-bond donors (Lipinski definition) is 2. The van der Waals surface area contributed by atoms with Gasteiger partial charge in [0.25, 0.3) is 5.56 Å². The fraction of sp³-hybridized carbons (Fsp3) is 0.421. The van der Waals surface area contributed by atoms with E-state index in [9.17, 15) is 18.7 Å². The second kappa shape index (κ2) is 8.05. The molecule has 1 aromatic carbocycles. The van der Waals surface area contributed by atoms with Crippen molar-refractivity contribution in [2.24, 2.45) is 5.92 Å². The summed E-state index contributed by atoms with van der Waals surface area (Å²) in [6.45, 7) is 6.19. The quantitative estimate of drug-likeness (QED) is 0.646. The molecule has 0 fully saturated rings. The highest BCUT2D eigenvalue weighted by Gasteiger charge is 2.19. The first-order valence-electron chi connectivity index (χ1n) is 9.12. The van der Waals surface area contributed by atoms with E-state index in [1.165, 1.54) is 17.0 Å². The number of aliphatic hydroxyl groups is 1. The first-order valence-corrected chi connectivity index (χ1v) is 9.12. The molecule has 3 aromatic rings. The van der Waals surface area contributed by atoms with Gasteiger partial charge in [-0.25, -0.2) is 13.8 Å². The number of aromatic nitrogens is 4. The van der Waals surface area contributed by atoms with Crippen LogP contribution in [0.25, 0.3) is 11.2 Å². The highest BCUT2D eigenvalue weighted by molar-refractivity contribution is 5.71. The van der Waals surface area contributed by atoms with Gasteiger partial charge in [0, 0.05) is 6.54 Å². The zero-order valence-electron chi connectivity index (χ0n) is 16.0. The van der Waals surface area contributed by atoms with Crippen molar-refractivity contribution < 1.29 is 13.9 Å². The molecule has 0 unspecified atom stereocenters. The lowest BCUT2D eigenvalue weighted by atomic mass is 10.1. The molecule has 2 heterocycles. The monoisotopic (exact) mass is 391 g/mol. The van der Waals surface area contributed by atoms with Crippen LogP contribution >= 0.6 is 0 Å². The molecule has 0 radical (unpaired) electrons. The van der Waals surface area contributed by atoms with Gasteiger partial charge in [-0.05, 0) is 30.5 Å². The summed E-state index contributed by atoms with van der Waals surface area (Å²) in [7, 11) is 0. The summed E-state index contributed by atoms with van der Waals surface area (Å²) in [5, 5.41) is 12.7. The Kier molecular flexibility index (Phi) is 5.73. The van der Waals surface area contributed by atoms with Crippen molar-refractivity contribution in [3.63, 3.8) is 0 Å². The minimum absolute atomic E-state index is 0.108. The summed E-state index contributed by atoms with van der Waals surface area (Å²) in [6.07, 6.45) is 1.45. The zero-order chi connectivity index (χ0) is 20.4. The number of nitrogens with one attached hydrogen (secondary N) is 1. The van der Waals surface area contributed by atoms with Gasteiger partial charge in [-0.2, -0.15) is 4.98 Å². The highest BCUT2D eigenvalue weighted by atomic mass is 19.2. The van der Waals surface area contributed by atoms with E-state index in [2.05, 4.69) is 15.3 Å². The van der Waals surface area contributed by atoms with E-state index in [0.29, 0.717) is 23.7 Å². The van der Waals surface area contributed by atoms with E-state index in [0.717, 1.165) is 12.1 Å².